The van der Waals surface area contributed by atoms with Crippen LogP contribution in [0, 0.1) is 0 Å². The summed E-state index contributed by atoms with van der Waals surface area (Å²) < 4.78 is 0.662. The number of carboxylic acid groups (broad SMARTS) is 1. The van der Waals surface area contributed by atoms with E-state index in [1.807, 2.05) is 0 Å². The SMILES string of the molecule is O=C(O)Cc1c(Br)cccc1C(=O)CCBr. The Labute approximate surface area is 110 Å². The van der Waals surface area contributed by atoms with Gasteiger partial charge in [-0.05, 0) is 11.6 Å². The van der Waals surface area contributed by atoms with Crippen LogP contribution in [0.4, 0.5) is 0 Å². The van der Waals surface area contributed by atoms with Crippen LogP contribution >= 0.6 is 31.9 Å². The highest BCUT2D eigenvalue weighted by Crippen LogP contribution is 2.22. The number of carbonyl (C=O) groups excluding carboxylic acids is 1. The predicted molar refractivity (Wildman–Crippen MR) is 68.2 cm³/mol. The molecule has 0 saturated heterocycles. The first-order chi connectivity index (χ1) is 7.56. The number of alkyl halides is 1. The highest BCUT2D eigenvalue weighted by Gasteiger charge is 2.15. The van der Waals surface area contributed by atoms with Crippen LogP contribution in [0.15, 0.2) is 22.7 Å². The summed E-state index contributed by atoms with van der Waals surface area (Å²) in [6.45, 7) is 0. The molecule has 0 spiro atoms. The van der Waals surface area contributed by atoms with Crippen LogP contribution in [0.5, 0.6) is 0 Å². The number of carbonyl (C=O) groups is 2. The summed E-state index contributed by atoms with van der Waals surface area (Å²) in [5.41, 5.74) is 1.03. The molecule has 86 valence electrons. The molecular weight excluding hydrogens is 340 g/mol. The standard InChI is InChI=1S/C11H10Br2O3/c12-5-4-10(14)7-2-1-3-9(13)8(7)6-11(15)16/h1-3H,4-6H2,(H,15,16). The van der Waals surface area contributed by atoms with Crippen molar-refractivity contribution in [2.75, 3.05) is 5.33 Å². The Hall–Kier alpha value is -0.680. The molecule has 0 aliphatic heterocycles. The number of rotatable bonds is 5. The van der Waals surface area contributed by atoms with Crippen molar-refractivity contribution < 1.29 is 14.7 Å². The monoisotopic (exact) mass is 348 g/mol. The molecule has 0 fully saturated rings. The molecule has 0 aliphatic carbocycles. The fourth-order valence-electron chi connectivity index (χ4n) is 1.37. The van der Waals surface area contributed by atoms with Gasteiger partial charge in [0.25, 0.3) is 0 Å². The highest BCUT2D eigenvalue weighted by atomic mass is 79.9. The van der Waals surface area contributed by atoms with Gasteiger partial charge in [-0.1, -0.05) is 44.0 Å². The number of carboxylic acids is 1. The van der Waals surface area contributed by atoms with Gasteiger partial charge < -0.3 is 5.11 Å². The maximum Gasteiger partial charge on any atom is 0.307 e. The lowest BCUT2D eigenvalue weighted by molar-refractivity contribution is -0.136. The van der Waals surface area contributed by atoms with Crippen LogP contribution in [-0.2, 0) is 11.2 Å². The summed E-state index contributed by atoms with van der Waals surface area (Å²) in [6.07, 6.45) is 0.216. The fourth-order valence-corrected chi connectivity index (χ4v) is 2.24. The molecule has 0 unspecified atom stereocenters. The molecule has 0 aliphatic rings. The summed E-state index contributed by atoms with van der Waals surface area (Å²) in [5, 5.41) is 9.36. The van der Waals surface area contributed by atoms with Crippen molar-refractivity contribution in [3.05, 3.63) is 33.8 Å². The predicted octanol–water partition coefficient (Wildman–Crippen LogP) is 3.04. The van der Waals surface area contributed by atoms with E-state index < -0.39 is 5.97 Å². The summed E-state index contributed by atoms with van der Waals surface area (Å²) >= 11 is 6.46. The molecule has 1 aromatic carbocycles. The van der Waals surface area contributed by atoms with Gasteiger partial charge in [0.15, 0.2) is 5.78 Å². The Morgan fingerprint density at radius 1 is 1.31 bits per heavy atom. The normalized spacial score (nSPS) is 10.1. The van der Waals surface area contributed by atoms with Gasteiger partial charge in [0.2, 0.25) is 0 Å². The number of aliphatic carboxylic acids is 1. The molecule has 0 aromatic heterocycles. The topological polar surface area (TPSA) is 54.4 Å². The second kappa shape index (κ2) is 6.15. The van der Waals surface area contributed by atoms with Crippen molar-refractivity contribution in [1.29, 1.82) is 0 Å². The third-order valence-electron chi connectivity index (χ3n) is 2.07. The number of hydrogen-bond donors (Lipinski definition) is 1. The lowest BCUT2D eigenvalue weighted by Gasteiger charge is -2.08. The van der Waals surface area contributed by atoms with Gasteiger partial charge in [-0.15, -0.1) is 0 Å². The van der Waals surface area contributed by atoms with Gasteiger partial charge >= 0.3 is 5.97 Å². The molecule has 1 rings (SSSR count). The Kier molecular flexibility index (Phi) is 5.15. The van der Waals surface area contributed by atoms with E-state index in [1.54, 1.807) is 18.2 Å². The second-order valence-electron chi connectivity index (χ2n) is 3.20. The fraction of sp³-hybridized carbons (Fsp3) is 0.273. The van der Waals surface area contributed by atoms with Crippen LogP contribution in [0.3, 0.4) is 0 Å². The van der Waals surface area contributed by atoms with Crippen molar-refractivity contribution in [1.82, 2.24) is 0 Å². The first-order valence-electron chi connectivity index (χ1n) is 4.64. The quantitative estimate of drug-likeness (QED) is 0.656. The zero-order valence-electron chi connectivity index (χ0n) is 8.37. The van der Waals surface area contributed by atoms with Crippen molar-refractivity contribution in [3.63, 3.8) is 0 Å². The van der Waals surface area contributed by atoms with E-state index in [9.17, 15) is 9.59 Å². The van der Waals surface area contributed by atoms with Crippen molar-refractivity contribution >= 4 is 43.6 Å². The molecular formula is C11H10Br2O3. The van der Waals surface area contributed by atoms with Crippen LogP contribution in [-0.4, -0.2) is 22.2 Å². The van der Waals surface area contributed by atoms with Gasteiger partial charge in [0.05, 0.1) is 6.42 Å². The molecule has 0 radical (unpaired) electrons. The van der Waals surface area contributed by atoms with Gasteiger partial charge in [0, 0.05) is 21.8 Å². The molecule has 0 bridgehead atoms. The number of benzene rings is 1. The van der Waals surface area contributed by atoms with E-state index in [4.69, 9.17) is 5.11 Å². The molecule has 0 atom stereocenters. The minimum atomic E-state index is -0.945. The Morgan fingerprint density at radius 3 is 2.56 bits per heavy atom. The molecule has 16 heavy (non-hydrogen) atoms. The number of Topliss-reactive ketones (excluding diaryl/α,β-unsaturated/α-hetero) is 1. The van der Waals surface area contributed by atoms with E-state index >= 15 is 0 Å². The van der Waals surface area contributed by atoms with Crippen LogP contribution in [0.1, 0.15) is 22.3 Å². The maximum absolute atomic E-state index is 11.8. The first-order valence-corrected chi connectivity index (χ1v) is 6.56. The lowest BCUT2D eigenvalue weighted by atomic mass is 10.00. The number of halogens is 2. The van der Waals surface area contributed by atoms with Crippen molar-refractivity contribution in [3.8, 4) is 0 Å². The van der Waals surface area contributed by atoms with Gasteiger partial charge in [0.1, 0.15) is 0 Å². The summed E-state index contributed by atoms with van der Waals surface area (Å²) in [4.78, 5) is 22.5. The highest BCUT2D eigenvalue weighted by molar-refractivity contribution is 9.10. The van der Waals surface area contributed by atoms with E-state index in [2.05, 4.69) is 31.9 Å². The zero-order valence-corrected chi connectivity index (χ0v) is 11.5. The van der Waals surface area contributed by atoms with Crippen LogP contribution in [0.2, 0.25) is 0 Å². The summed E-state index contributed by atoms with van der Waals surface area (Å²) in [5.74, 6) is -0.991. The number of ketones is 1. The Morgan fingerprint density at radius 2 is 2.00 bits per heavy atom. The molecule has 0 heterocycles. The maximum atomic E-state index is 11.8. The second-order valence-corrected chi connectivity index (χ2v) is 4.85. The third kappa shape index (κ3) is 3.42. The van der Waals surface area contributed by atoms with Crippen molar-refractivity contribution in [2.45, 2.75) is 12.8 Å². The van der Waals surface area contributed by atoms with E-state index in [-0.39, 0.29) is 12.2 Å². The smallest absolute Gasteiger partial charge is 0.307 e. The summed E-state index contributed by atoms with van der Waals surface area (Å²) in [6, 6.07) is 5.13. The molecule has 1 N–H and O–H groups in total. The van der Waals surface area contributed by atoms with Gasteiger partial charge in [-0.2, -0.15) is 0 Å². The molecule has 0 saturated carbocycles. The first kappa shape index (κ1) is 13.4. The van der Waals surface area contributed by atoms with Crippen molar-refractivity contribution in [2.24, 2.45) is 0 Å². The van der Waals surface area contributed by atoms with E-state index in [0.717, 1.165) is 0 Å². The van der Waals surface area contributed by atoms with Gasteiger partial charge in [-0.25, -0.2) is 0 Å². The average Bonchev–Trinajstić information content (AvgIpc) is 2.20. The summed E-state index contributed by atoms with van der Waals surface area (Å²) in [7, 11) is 0. The zero-order chi connectivity index (χ0) is 12.1. The van der Waals surface area contributed by atoms with E-state index in [0.29, 0.717) is 27.4 Å². The van der Waals surface area contributed by atoms with Gasteiger partial charge in [-0.3, -0.25) is 9.59 Å². The lowest BCUT2D eigenvalue weighted by Crippen LogP contribution is -2.09. The minimum absolute atomic E-state index is 0.0468. The molecule has 5 heteroatoms. The largest absolute Gasteiger partial charge is 0.481 e. The Balaban J connectivity index is 3.11. The van der Waals surface area contributed by atoms with E-state index in [1.165, 1.54) is 0 Å². The number of hydrogen-bond acceptors (Lipinski definition) is 2. The van der Waals surface area contributed by atoms with Crippen LogP contribution in [0.25, 0.3) is 0 Å². The minimum Gasteiger partial charge on any atom is -0.481 e. The third-order valence-corrected chi connectivity index (χ3v) is 3.21. The molecule has 3 nitrogen and oxygen atoms in total. The Bertz CT molecular complexity index is 416. The molecule has 1 aromatic rings. The average molecular weight is 350 g/mol. The van der Waals surface area contributed by atoms with Crippen LogP contribution < -0.4 is 0 Å². The molecule has 0 amide bonds.